The van der Waals surface area contributed by atoms with E-state index in [1.54, 1.807) is 0 Å². The summed E-state index contributed by atoms with van der Waals surface area (Å²) in [5.74, 6) is -0.0238. The highest BCUT2D eigenvalue weighted by Gasteiger charge is 2.08. The highest BCUT2D eigenvalue weighted by atomic mass is 16.1. The van der Waals surface area contributed by atoms with E-state index in [1.165, 1.54) is 0 Å². The lowest BCUT2D eigenvalue weighted by atomic mass is 10.1. The second-order valence-corrected chi connectivity index (χ2v) is 4.80. The van der Waals surface area contributed by atoms with Crippen LogP contribution in [0, 0.1) is 6.92 Å². The molecular weight excluding hydrogens is 236 g/mol. The van der Waals surface area contributed by atoms with Gasteiger partial charge >= 0.3 is 0 Å². The average molecular weight is 260 g/mol. The maximum absolute atomic E-state index is 11.8. The van der Waals surface area contributed by atoms with Gasteiger partial charge in [-0.3, -0.25) is 4.79 Å². The van der Waals surface area contributed by atoms with Crippen molar-refractivity contribution in [2.75, 3.05) is 11.9 Å². The molecule has 0 saturated heterocycles. The zero-order valence-electron chi connectivity index (χ0n) is 12.1. The number of rotatable bonds is 7. The zero-order chi connectivity index (χ0) is 14.3. The van der Waals surface area contributed by atoms with Gasteiger partial charge in [-0.2, -0.15) is 0 Å². The number of benzene rings is 1. The standard InChI is InChI=1S/C16H24N2O/c1-5-7-8-13(4)18-15-11-14(10-9-12(15)3)16(19)17-6-2/h5,9-11,13,18H,1,6-8H2,2-4H3,(H,17,19). The van der Waals surface area contributed by atoms with Crippen molar-refractivity contribution >= 4 is 11.6 Å². The van der Waals surface area contributed by atoms with Gasteiger partial charge < -0.3 is 10.6 Å². The molecule has 0 bridgehead atoms. The van der Waals surface area contributed by atoms with Crippen molar-refractivity contribution in [1.82, 2.24) is 5.32 Å². The first-order valence-corrected chi connectivity index (χ1v) is 6.84. The first kappa shape index (κ1) is 15.3. The van der Waals surface area contributed by atoms with E-state index in [2.05, 4.69) is 24.1 Å². The van der Waals surface area contributed by atoms with Gasteiger partial charge in [-0.1, -0.05) is 12.1 Å². The first-order valence-electron chi connectivity index (χ1n) is 6.84. The molecule has 0 radical (unpaired) electrons. The van der Waals surface area contributed by atoms with Crippen molar-refractivity contribution in [2.45, 2.75) is 39.7 Å². The molecule has 104 valence electrons. The molecule has 1 aromatic carbocycles. The van der Waals surface area contributed by atoms with E-state index in [9.17, 15) is 4.79 Å². The van der Waals surface area contributed by atoms with E-state index in [-0.39, 0.29) is 5.91 Å². The van der Waals surface area contributed by atoms with E-state index in [1.807, 2.05) is 38.1 Å². The second kappa shape index (κ2) is 7.62. The smallest absolute Gasteiger partial charge is 0.251 e. The minimum atomic E-state index is -0.0238. The number of carbonyl (C=O) groups is 1. The van der Waals surface area contributed by atoms with Gasteiger partial charge in [-0.25, -0.2) is 0 Å². The SMILES string of the molecule is C=CCCC(C)Nc1cc(C(=O)NCC)ccc1C. The maximum atomic E-state index is 11.8. The third-order valence-corrected chi connectivity index (χ3v) is 3.04. The Morgan fingerprint density at radius 2 is 2.21 bits per heavy atom. The second-order valence-electron chi connectivity index (χ2n) is 4.80. The van der Waals surface area contributed by atoms with E-state index in [4.69, 9.17) is 0 Å². The van der Waals surface area contributed by atoms with Crippen LogP contribution in [0.1, 0.15) is 42.6 Å². The topological polar surface area (TPSA) is 41.1 Å². The molecule has 1 aromatic rings. The fraction of sp³-hybridized carbons (Fsp3) is 0.438. The minimum absolute atomic E-state index is 0.0238. The Morgan fingerprint density at radius 1 is 1.47 bits per heavy atom. The number of hydrogen-bond acceptors (Lipinski definition) is 2. The Kier molecular flexibility index (Phi) is 6.13. The Balaban J connectivity index is 2.79. The van der Waals surface area contributed by atoms with Gasteiger partial charge in [0.25, 0.3) is 5.91 Å². The lowest BCUT2D eigenvalue weighted by Crippen LogP contribution is -2.23. The number of nitrogens with one attached hydrogen (secondary N) is 2. The van der Waals surface area contributed by atoms with Crippen molar-refractivity contribution < 1.29 is 4.79 Å². The lowest BCUT2D eigenvalue weighted by molar-refractivity contribution is 0.0956. The quantitative estimate of drug-likeness (QED) is 0.737. The summed E-state index contributed by atoms with van der Waals surface area (Å²) in [4.78, 5) is 11.8. The zero-order valence-corrected chi connectivity index (χ0v) is 12.1. The van der Waals surface area contributed by atoms with Crippen LogP contribution in [0.4, 0.5) is 5.69 Å². The first-order chi connectivity index (χ1) is 9.08. The van der Waals surface area contributed by atoms with E-state index in [0.29, 0.717) is 18.2 Å². The van der Waals surface area contributed by atoms with Gasteiger partial charge in [0.2, 0.25) is 0 Å². The molecule has 1 atom stereocenters. The summed E-state index contributed by atoms with van der Waals surface area (Å²) in [6, 6.07) is 6.12. The minimum Gasteiger partial charge on any atom is -0.382 e. The van der Waals surface area contributed by atoms with E-state index >= 15 is 0 Å². The molecule has 0 fully saturated rings. The summed E-state index contributed by atoms with van der Waals surface area (Å²) in [7, 11) is 0. The molecule has 1 unspecified atom stereocenters. The number of allylic oxidation sites excluding steroid dienone is 1. The Hall–Kier alpha value is -1.77. The molecule has 0 aromatic heterocycles. The highest BCUT2D eigenvalue weighted by Crippen LogP contribution is 2.19. The molecule has 1 amide bonds. The number of aryl methyl sites for hydroxylation is 1. The van der Waals surface area contributed by atoms with Gasteiger partial charge in [0.15, 0.2) is 0 Å². The van der Waals surface area contributed by atoms with Crippen molar-refractivity contribution in [1.29, 1.82) is 0 Å². The Bertz CT molecular complexity index is 440. The average Bonchev–Trinajstić information content (AvgIpc) is 2.39. The summed E-state index contributed by atoms with van der Waals surface area (Å²) in [5, 5.41) is 6.27. The molecule has 3 nitrogen and oxygen atoms in total. The molecule has 19 heavy (non-hydrogen) atoms. The summed E-state index contributed by atoms with van der Waals surface area (Å²) in [6.45, 7) is 10.5. The van der Waals surface area contributed by atoms with Crippen molar-refractivity contribution in [3.63, 3.8) is 0 Å². The van der Waals surface area contributed by atoms with Crippen molar-refractivity contribution in [2.24, 2.45) is 0 Å². The van der Waals surface area contributed by atoms with Crippen LogP contribution in [-0.4, -0.2) is 18.5 Å². The summed E-state index contributed by atoms with van der Waals surface area (Å²) in [5.41, 5.74) is 2.88. The molecule has 2 N–H and O–H groups in total. The van der Waals surface area contributed by atoms with Crippen molar-refractivity contribution in [3.8, 4) is 0 Å². The Labute approximate surface area is 116 Å². The molecule has 1 rings (SSSR count). The summed E-state index contributed by atoms with van der Waals surface area (Å²) < 4.78 is 0. The fourth-order valence-electron chi connectivity index (χ4n) is 1.89. The Morgan fingerprint density at radius 3 is 2.84 bits per heavy atom. The van der Waals surface area contributed by atoms with Gasteiger partial charge in [-0.05, 0) is 51.3 Å². The maximum Gasteiger partial charge on any atom is 0.251 e. The summed E-state index contributed by atoms with van der Waals surface area (Å²) in [6.07, 6.45) is 3.95. The van der Waals surface area contributed by atoms with Gasteiger partial charge in [0, 0.05) is 23.8 Å². The monoisotopic (exact) mass is 260 g/mol. The fourth-order valence-corrected chi connectivity index (χ4v) is 1.89. The normalized spacial score (nSPS) is 11.7. The number of hydrogen-bond donors (Lipinski definition) is 2. The van der Waals surface area contributed by atoms with E-state index < -0.39 is 0 Å². The van der Waals surface area contributed by atoms with Gasteiger partial charge in [-0.15, -0.1) is 6.58 Å². The largest absolute Gasteiger partial charge is 0.382 e. The van der Waals surface area contributed by atoms with Crippen LogP contribution in [0.3, 0.4) is 0 Å². The van der Waals surface area contributed by atoms with Crippen LogP contribution in [0.15, 0.2) is 30.9 Å². The van der Waals surface area contributed by atoms with Crippen molar-refractivity contribution in [3.05, 3.63) is 42.0 Å². The number of carbonyl (C=O) groups excluding carboxylic acids is 1. The number of anilines is 1. The lowest BCUT2D eigenvalue weighted by Gasteiger charge is -2.17. The van der Waals surface area contributed by atoms with Gasteiger partial charge in [0.1, 0.15) is 0 Å². The van der Waals surface area contributed by atoms with Crippen LogP contribution in [0.25, 0.3) is 0 Å². The van der Waals surface area contributed by atoms with Crippen LogP contribution in [-0.2, 0) is 0 Å². The molecule has 3 heteroatoms. The predicted molar refractivity (Wildman–Crippen MR) is 81.7 cm³/mol. The number of amides is 1. The van der Waals surface area contributed by atoms with Crippen LogP contribution in [0.2, 0.25) is 0 Å². The molecular formula is C16H24N2O. The molecule has 0 aliphatic heterocycles. The molecule has 0 saturated carbocycles. The molecule has 0 aliphatic carbocycles. The van der Waals surface area contributed by atoms with Gasteiger partial charge in [0.05, 0.1) is 0 Å². The van der Waals surface area contributed by atoms with E-state index in [0.717, 1.165) is 24.1 Å². The molecule has 0 spiro atoms. The molecule has 0 aliphatic rings. The van der Waals surface area contributed by atoms with Crippen LogP contribution in [0.5, 0.6) is 0 Å². The third-order valence-electron chi connectivity index (χ3n) is 3.04. The molecule has 0 heterocycles. The highest BCUT2D eigenvalue weighted by molar-refractivity contribution is 5.95. The summed E-state index contributed by atoms with van der Waals surface area (Å²) >= 11 is 0. The van der Waals surface area contributed by atoms with Crippen LogP contribution < -0.4 is 10.6 Å². The predicted octanol–water partition coefficient (Wildman–Crippen LogP) is 3.51. The third kappa shape index (κ3) is 4.78. The van der Waals surface area contributed by atoms with Crippen LogP contribution >= 0.6 is 0 Å².